The van der Waals surface area contributed by atoms with Crippen LogP contribution in [0.15, 0.2) is 16.8 Å². The van der Waals surface area contributed by atoms with Crippen molar-refractivity contribution in [3.63, 3.8) is 0 Å². The third-order valence-corrected chi connectivity index (χ3v) is 5.92. The highest BCUT2D eigenvalue weighted by atomic mass is 32.1. The normalized spacial score (nSPS) is 25.0. The van der Waals surface area contributed by atoms with E-state index in [-0.39, 0.29) is 5.91 Å². The number of carbonyl (C=O) groups excluding carboxylic acids is 1. The molecule has 3 heterocycles. The van der Waals surface area contributed by atoms with Gasteiger partial charge in [-0.25, -0.2) is 4.79 Å². The summed E-state index contributed by atoms with van der Waals surface area (Å²) in [7, 11) is 1.80. The first kappa shape index (κ1) is 22.6. The number of amides is 1. The Bertz CT molecular complexity index is 654. The van der Waals surface area contributed by atoms with Gasteiger partial charge in [-0.2, -0.15) is 24.5 Å². The number of nitrogens with zero attached hydrogens (tertiary/aromatic N) is 2. The van der Waals surface area contributed by atoms with Crippen molar-refractivity contribution < 1.29 is 32.6 Å². The van der Waals surface area contributed by atoms with Crippen LogP contribution in [0.25, 0.3) is 0 Å². The Hall–Kier alpha value is -1.65. The van der Waals surface area contributed by atoms with Crippen molar-refractivity contribution in [1.82, 2.24) is 9.80 Å². The molecule has 2 saturated heterocycles. The van der Waals surface area contributed by atoms with Crippen molar-refractivity contribution in [2.45, 2.75) is 38.1 Å². The minimum Gasteiger partial charge on any atom is -0.475 e. The summed E-state index contributed by atoms with van der Waals surface area (Å²) < 4.78 is 37.4. The van der Waals surface area contributed by atoms with Crippen molar-refractivity contribution in [3.8, 4) is 0 Å². The minimum atomic E-state index is -5.08. The van der Waals surface area contributed by atoms with E-state index in [9.17, 15) is 18.0 Å². The molecule has 158 valence electrons. The van der Waals surface area contributed by atoms with Crippen LogP contribution in [0.3, 0.4) is 0 Å². The number of likely N-dealkylation sites (tertiary alicyclic amines) is 2. The average molecular weight is 422 g/mol. The fraction of sp³-hybridized carbons (Fsp3) is 0.667. The van der Waals surface area contributed by atoms with Crippen molar-refractivity contribution in [2.75, 3.05) is 33.3 Å². The third-order valence-electron chi connectivity index (χ3n) is 5.19. The Morgan fingerprint density at radius 2 is 2.04 bits per heavy atom. The first-order valence-electron chi connectivity index (χ1n) is 9.03. The molecule has 3 rings (SSSR count). The number of alkyl halides is 3. The highest BCUT2D eigenvalue weighted by molar-refractivity contribution is 7.08. The number of piperidine rings is 1. The van der Waals surface area contributed by atoms with Crippen LogP contribution in [0.5, 0.6) is 0 Å². The van der Waals surface area contributed by atoms with Crippen LogP contribution in [0.4, 0.5) is 13.2 Å². The van der Waals surface area contributed by atoms with Crippen LogP contribution in [0, 0.1) is 5.92 Å². The number of carboxylic acid groups (broad SMARTS) is 1. The smallest absolute Gasteiger partial charge is 0.475 e. The fourth-order valence-electron chi connectivity index (χ4n) is 3.77. The summed E-state index contributed by atoms with van der Waals surface area (Å²) in [4.78, 5) is 26.1. The van der Waals surface area contributed by atoms with Crippen LogP contribution in [0.1, 0.15) is 18.9 Å². The quantitative estimate of drug-likeness (QED) is 0.808. The zero-order valence-electron chi connectivity index (χ0n) is 15.8. The molecule has 10 heteroatoms. The summed E-state index contributed by atoms with van der Waals surface area (Å²) >= 11 is 1.66. The molecule has 1 aromatic rings. The maximum Gasteiger partial charge on any atom is 0.490 e. The number of methoxy groups -OCH3 is 1. The summed E-state index contributed by atoms with van der Waals surface area (Å²) in [5.74, 6) is -2.02. The van der Waals surface area contributed by atoms with Crippen molar-refractivity contribution in [1.29, 1.82) is 0 Å². The molecule has 2 aliphatic rings. The van der Waals surface area contributed by atoms with Gasteiger partial charge >= 0.3 is 12.1 Å². The maximum absolute atomic E-state index is 12.7. The molecule has 28 heavy (non-hydrogen) atoms. The van der Waals surface area contributed by atoms with Crippen LogP contribution >= 0.6 is 11.3 Å². The number of hydrogen-bond donors (Lipinski definition) is 1. The van der Waals surface area contributed by atoms with Gasteiger partial charge in [-0.1, -0.05) is 6.92 Å². The average Bonchev–Trinajstić information content (AvgIpc) is 3.29. The predicted octanol–water partition coefficient (Wildman–Crippen LogP) is 2.49. The van der Waals surface area contributed by atoms with Gasteiger partial charge in [-0.05, 0) is 35.4 Å². The molecule has 0 spiro atoms. The lowest BCUT2D eigenvalue weighted by Gasteiger charge is -2.41. The number of hydrogen-bond acceptors (Lipinski definition) is 5. The molecule has 1 N–H and O–H groups in total. The lowest BCUT2D eigenvalue weighted by Crippen LogP contribution is -2.54. The number of ether oxygens (including phenoxy) is 1. The van der Waals surface area contributed by atoms with Gasteiger partial charge in [0.2, 0.25) is 5.91 Å². The monoisotopic (exact) mass is 422 g/mol. The van der Waals surface area contributed by atoms with E-state index < -0.39 is 12.1 Å². The molecule has 0 radical (unpaired) electrons. The zero-order valence-corrected chi connectivity index (χ0v) is 16.6. The van der Waals surface area contributed by atoms with E-state index in [1.54, 1.807) is 18.4 Å². The lowest BCUT2D eigenvalue weighted by molar-refractivity contribution is -0.192. The molecule has 0 saturated carbocycles. The molecule has 6 nitrogen and oxygen atoms in total. The van der Waals surface area contributed by atoms with E-state index in [1.807, 2.05) is 5.38 Å². The number of rotatable bonds is 4. The van der Waals surface area contributed by atoms with E-state index in [4.69, 9.17) is 14.6 Å². The van der Waals surface area contributed by atoms with Crippen molar-refractivity contribution in [3.05, 3.63) is 22.4 Å². The van der Waals surface area contributed by atoms with E-state index >= 15 is 0 Å². The number of halogens is 3. The highest BCUT2D eigenvalue weighted by Crippen LogP contribution is 2.32. The van der Waals surface area contributed by atoms with Crippen LogP contribution in [-0.2, 0) is 20.7 Å². The zero-order chi connectivity index (χ0) is 20.9. The fourth-order valence-corrected chi connectivity index (χ4v) is 4.43. The molecule has 2 aliphatic heterocycles. The molecule has 2 fully saturated rings. The lowest BCUT2D eigenvalue weighted by atomic mass is 9.88. The van der Waals surface area contributed by atoms with Crippen LogP contribution < -0.4 is 0 Å². The van der Waals surface area contributed by atoms with E-state index in [2.05, 4.69) is 28.2 Å². The summed E-state index contributed by atoms with van der Waals surface area (Å²) in [6, 6.07) is 2.38. The molecule has 0 aromatic carbocycles. The van der Waals surface area contributed by atoms with E-state index in [1.165, 1.54) is 0 Å². The molecule has 0 unspecified atom stereocenters. The number of fused-ring (bicyclic) bond motifs is 1. The number of carboxylic acids is 1. The number of carbonyl (C=O) groups is 2. The first-order valence-corrected chi connectivity index (χ1v) is 9.97. The van der Waals surface area contributed by atoms with Crippen molar-refractivity contribution >= 4 is 23.2 Å². The molecular weight excluding hydrogens is 397 g/mol. The number of thiophene rings is 1. The Morgan fingerprint density at radius 1 is 1.36 bits per heavy atom. The SMILES string of the molecule is CCN1C[C@H]2[C@@H](C1)N(C(=O)Cc1ccsc1)CC[C@H]2OC.O=C(O)C(F)(F)F. The third kappa shape index (κ3) is 5.68. The second kappa shape index (κ2) is 9.71. The predicted molar refractivity (Wildman–Crippen MR) is 98.2 cm³/mol. The van der Waals surface area contributed by atoms with Gasteiger partial charge in [0.05, 0.1) is 18.6 Å². The van der Waals surface area contributed by atoms with Gasteiger partial charge in [0.1, 0.15) is 0 Å². The molecular formula is C18H25F3N2O4S. The molecule has 0 aliphatic carbocycles. The highest BCUT2D eigenvalue weighted by Gasteiger charge is 2.45. The Labute approximate surface area is 165 Å². The largest absolute Gasteiger partial charge is 0.490 e. The minimum absolute atomic E-state index is 0.274. The van der Waals surface area contributed by atoms with Gasteiger partial charge in [-0.15, -0.1) is 0 Å². The summed E-state index contributed by atoms with van der Waals surface area (Å²) in [6.45, 7) is 6.13. The second-order valence-corrected chi connectivity index (χ2v) is 7.62. The topological polar surface area (TPSA) is 70.1 Å². The van der Waals surface area contributed by atoms with Crippen molar-refractivity contribution in [2.24, 2.45) is 5.92 Å². The second-order valence-electron chi connectivity index (χ2n) is 6.84. The molecule has 1 amide bonds. The number of aliphatic carboxylic acids is 1. The van der Waals surface area contributed by atoms with Crippen LogP contribution in [-0.4, -0.2) is 78.4 Å². The van der Waals surface area contributed by atoms with Gasteiger partial charge in [-0.3, -0.25) is 4.79 Å². The van der Waals surface area contributed by atoms with Gasteiger partial charge in [0.25, 0.3) is 0 Å². The van der Waals surface area contributed by atoms with Crippen LogP contribution in [0.2, 0.25) is 0 Å². The molecule has 1 aromatic heterocycles. The van der Waals surface area contributed by atoms with Gasteiger partial charge in [0.15, 0.2) is 0 Å². The number of likely N-dealkylation sites (N-methyl/N-ethyl adjacent to an activating group) is 1. The Kier molecular flexibility index (Phi) is 7.85. The molecule has 0 bridgehead atoms. The van der Waals surface area contributed by atoms with E-state index in [0.29, 0.717) is 24.5 Å². The van der Waals surface area contributed by atoms with Gasteiger partial charge < -0.3 is 19.6 Å². The molecule has 3 atom stereocenters. The maximum atomic E-state index is 12.7. The van der Waals surface area contributed by atoms with E-state index in [0.717, 1.165) is 38.2 Å². The Morgan fingerprint density at radius 3 is 2.54 bits per heavy atom. The summed E-state index contributed by atoms with van der Waals surface area (Å²) in [5.41, 5.74) is 1.14. The first-order chi connectivity index (χ1) is 13.2. The van der Waals surface area contributed by atoms with Gasteiger partial charge in [0, 0.05) is 32.7 Å². The standard InChI is InChI=1S/C16H24N2O2S.C2HF3O2/c1-3-17-9-13-14(10-17)18(6-4-15(13)20-2)16(19)8-12-5-7-21-11-12;3-2(4,5)1(6)7/h5,7,11,13-15H,3-4,6,8-10H2,1-2H3;(H,6,7)/t13-,14+,15+;/m0./s1. The summed E-state index contributed by atoms with van der Waals surface area (Å²) in [6.07, 6.45) is -3.28. The summed E-state index contributed by atoms with van der Waals surface area (Å²) in [5, 5.41) is 11.2. The Balaban J connectivity index is 0.000000345.